The highest BCUT2D eigenvalue weighted by molar-refractivity contribution is 5.18. The van der Waals surface area contributed by atoms with Crippen LogP contribution in [0.15, 0.2) is 18.5 Å². The Morgan fingerprint density at radius 1 is 1.42 bits per heavy atom. The minimum atomic E-state index is -0.219. The molecule has 2 rings (SSSR count). The fourth-order valence-corrected chi connectivity index (χ4v) is 3.24. The third-order valence-corrected chi connectivity index (χ3v) is 4.34. The zero-order chi connectivity index (χ0) is 13.9. The first kappa shape index (κ1) is 14.4. The zero-order valence-electron chi connectivity index (χ0n) is 12.2. The second kappa shape index (κ2) is 6.00. The zero-order valence-corrected chi connectivity index (χ0v) is 12.2. The van der Waals surface area contributed by atoms with Crippen molar-refractivity contribution in [2.75, 3.05) is 13.1 Å². The first-order valence-corrected chi connectivity index (χ1v) is 7.33. The maximum absolute atomic E-state index is 13.4. The van der Waals surface area contributed by atoms with Gasteiger partial charge in [-0.1, -0.05) is 20.8 Å². The third kappa shape index (κ3) is 3.75. The Morgan fingerprint density at radius 2 is 2.21 bits per heavy atom. The van der Waals surface area contributed by atoms with Gasteiger partial charge in [-0.25, -0.2) is 4.39 Å². The molecule has 2 atom stereocenters. The molecule has 1 aromatic heterocycles. The molecular weight excluding hydrogens is 239 g/mol. The lowest BCUT2D eigenvalue weighted by atomic mass is 9.65. The Balaban J connectivity index is 2.19. The van der Waals surface area contributed by atoms with Crippen LogP contribution >= 0.6 is 0 Å². The summed E-state index contributed by atoms with van der Waals surface area (Å²) in [4.78, 5) is 4.03. The standard InChI is InChI=1S/C16H25FN2/c1-4-18-9-12-5-6-16(2,3)8-15(12)13-7-14(17)11-19-10-13/h7,10-12,15,18H,4-6,8-9H2,1-3H3. The van der Waals surface area contributed by atoms with E-state index in [0.29, 0.717) is 17.3 Å². The van der Waals surface area contributed by atoms with Gasteiger partial charge in [-0.3, -0.25) is 4.98 Å². The van der Waals surface area contributed by atoms with Crippen LogP contribution in [0.25, 0.3) is 0 Å². The van der Waals surface area contributed by atoms with Gasteiger partial charge < -0.3 is 5.32 Å². The molecule has 1 aliphatic carbocycles. The molecule has 1 heterocycles. The van der Waals surface area contributed by atoms with E-state index >= 15 is 0 Å². The topological polar surface area (TPSA) is 24.9 Å². The van der Waals surface area contributed by atoms with Gasteiger partial charge in [-0.15, -0.1) is 0 Å². The number of nitrogens with zero attached hydrogens (tertiary/aromatic N) is 1. The van der Waals surface area contributed by atoms with Crippen molar-refractivity contribution in [3.05, 3.63) is 29.8 Å². The van der Waals surface area contributed by atoms with Crippen LogP contribution in [-0.4, -0.2) is 18.1 Å². The summed E-state index contributed by atoms with van der Waals surface area (Å²) >= 11 is 0. The SMILES string of the molecule is CCNCC1CCC(C)(C)CC1c1cncc(F)c1. The third-order valence-electron chi connectivity index (χ3n) is 4.34. The summed E-state index contributed by atoms with van der Waals surface area (Å²) in [7, 11) is 0. The number of aromatic nitrogens is 1. The normalized spacial score (nSPS) is 26.3. The van der Waals surface area contributed by atoms with E-state index in [4.69, 9.17) is 0 Å². The lowest BCUT2D eigenvalue weighted by molar-refractivity contribution is 0.159. The van der Waals surface area contributed by atoms with Gasteiger partial charge in [0.25, 0.3) is 0 Å². The largest absolute Gasteiger partial charge is 0.317 e. The maximum atomic E-state index is 13.4. The van der Waals surface area contributed by atoms with E-state index in [2.05, 4.69) is 31.1 Å². The second-order valence-electron chi connectivity index (χ2n) is 6.52. The van der Waals surface area contributed by atoms with Crippen molar-refractivity contribution in [1.29, 1.82) is 0 Å². The van der Waals surface area contributed by atoms with Gasteiger partial charge in [0.15, 0.2) is 0 Å². The highest BCUT2D eigenvalue weighted by Crippen LogP contribution is 2.46. The molecule has 1 fully saturated rings. The second-order valence-corrected chi connectivity index (χ2v) is 6.52. The number of pyridine rings is 1. The van der Waals surface area contributed by atoms with Crippen molar-refractivity contribution in [2.45, 2.75) is 46.0 Å². The van der Waals surface area contributed by atoms with Crippen molar-refractivity contribution in [1.82, 2.24) is 10.3 Å². The Hall–Kier alpha value is -0.960. The van der Waals surface area contributed by atoms with Crippen LogP contribution in [0.4, 0.5) is 4.39 Å². The number of nitrogens with one attached hydrogen (secondary N) is 1. The number of hydrogen-bond donors (Lipinski definition) is 1. The summed E-state index contributed by atoms with van der Waals surface area (Å²) in [5, 5.41) is 3.45. The predicted molar refractivity (Wildman–Crippen MR) is 76.6 cm³/mol. The summed E-state index contributed by atoms with van der Waals surface area (Å²) < 4.78 is 13.4. The van der Waals surface area contributed by atoms with Crippen LogP contribution < -0.4 is 5.32 Å². The van der Waals surface area contributed by atoms with E-state index in [0.717, 1.165) is 25.1 Å². The van der Waals surface area contributed by atoms with Crippen LogP contribution in [0, 0.1) is 17.2 Å². The van der Waals surface area contributed by atoms with Gasteiger partial charge in [0, 0.05) is 6.20 Å². The van der Waals surface area contributed by atoms with Crippen molar-refractivity contribution >= 4 is 0 Å². The fourth-order valence-electron chi connectivity index (χ4n) is 3.24. The van der Waals surface area contributed by atoms with E-state index in [1.807, 2.05) is 6.20 Å². The van der Waals surface area contributed by atoms with Gasteiger partial charge in [-0.2, -0.15) is 0 Å². The summed E-state index contributed by atoms with van der Waals surface area (Å²) in [5.41, 5.74) is 1.41. The van der Waals surface area contributed by atoms with Crippen molar-refractivity contribution in [3.8, 4) is 0 Å². The molecule has 1 saturated carbocycles. The van der Waals surface area contributed by atoms with Crippen LogP contribution in [0.1, 0.15) is 51.5 Å². The monoisotopic (exact) mass is 264 g/mol. The fraction of sp³-hybridized carbons (Fsp3) is 0.688. The molecule has 19 heavy (non-hydrogen) atoms. The van der Waals surface area contributed by atoms with E-state index in [1.54, 1.807) is 6.07 Å². The van der Waals surface area contributed by atoms with Gasteiger partial charge in [-0.05, 0) is 61.2 Å². The molecule has 2 unspecified atom stereocenters. The molecular formula is C16H25FN2. The molecule has 0 saturated heterocycles. The maximum Gasteiger partial charge on any atom is 0.141 e. The van der Waals surface area contributed by atoms with Crippen LogP contribution in [0.3, 0.4) is 0 Å². The number of halogens is 1. The molecule has 2 nitrogen and oxygen atoms in total. The van der Waals surface area contributed by atoms with Crippen molar-refractivity contribution in [2.24, 2.45) is 11.3 Å². The molecule has 0 spiro atoms. The van der Waals surface area contributed by atoms with Crippen LogP contribution in [0.2, 0.25) is 0 Å². The summed E-state index contributed by atoms with van der Waals surface area (Å²) in [6, 6.07) is 1.66. The lowest BCUT2D eigenvalue weighted by Gasteiger charge is -2.41. The molecule has 1 N–H and O–H groups in total. The highest BCUT2D eigenvalue weighted by Gasteiger charge is 2.35. The Bertz CT molecular complexity index is 417. The average molecular weight is 264 g/mol. The highest BCUT2D eigenvalue weighted by atomic mass is 19.1. The molecule has 0 aromatic carbocycles. The number of rotatable bonds is 4. The lowest BCUT2D eigenvalue weighted by Crippen LogP contribution is -2.34. The van der Waals surface area contributed by atoms with E-state index in [-0.39, 0.29) is 5.82 Å². The smallest absolute Gasteiger partial charge is 0.141 e. The first-order valence-electron chi connectivity index (χ1n) is 7.33. The quantitative estimate of drug-likeness (QED) is 0.896. The molecule has 0 amide bonds. The summed E-state index contributed by atoms with van der Waals surface area (Å²) in [5.74, 6) is 0.797. The van der Waals surface area contributed by atoms with Crippen LogP contribution in [0.5, 0.6) is 0 Å². The Morgan fingerprint density at radius 3 is 2.89 bits per heavy atom. The van der Waals surface area contributed by atoms with Gasteiger partial charge in [0.1, 0.15) is 5.82 Å². The first-order chi connectivity index (χ1) is 9.02. The molecule has 1 aliphatic rings. The van der Waals surface area contributed by atoms with E-state index in [9.17, 15) is 4.39 Å². The minimum absolute atomic E-state index is 0.219. The van der Waals surface area contributed by atoms with Gasteiger partial charge >= 0.3 is 0 Å². The minimum Gasteiger partial charge on any atom is -0.317 e. The van der Waals surface area contributed by atoms with Gasteiger partial charge in [0.05, 0.1) is 6.20 Å². The summed E-state index contributed by atoms with van der Waals surface area (Å²) in [6.07, 6.45) is 6.71. The number of hydrogen-bond acceptors (Lipinski definition) is 2. The Labute approximate surface area is 115 Å². The van der Waals surface area contributed by atoms with E-state index < -0.39 is 0 Å². The molecule has 1 aromatic rings. The predicted octanol–water partition coefficient (Wildman–Crippen LogP) is 3.74. The van der Waals surface area contributed by atoms with Crippen LogP contribution in [-0.2, 0) is 0 Å². The van der Waals surface area contributed by atoms with Crippen molar-refractivity contribution < 1.29 is 4.39 Å². The molecule has 0 aliphatic heterocycles. The molecule has 106 valence electrons. The molecule has 0 radical (unpaired) electrons. The Kier molecular flexibility index (Phi) is 4.56. The summed E-state index contributed by atoms with van der Waals surface area (Å²) in [6.45, 7) is 8.78. The molecule has 3 heteroatoms. The average Bonchev–Trinajstić information content (AvgIpc) is 2.36. The van der Waals surface area contributed by atoms with Crippen molar-refractivity contribution in [3.63, 3.8) is 0 Å². The van der Waals surface area contributed by atoms with Gasteiger partial charge in [0.2, 0.25) is 0 Å². The van der Waals surface area contributed by atoms with E-state index in [1.165, 1.54) is 19.0 Å². The molecule has 0 bridgehead atoms.